The fraction of sp³-hybridized carbons (Fsp3) is 0.190. The average Bonchev–Trinajstić information content (AvgIpc) is 3.07. The fourth-order valence-electron chi connectivity index (χ4n) is 3.25. The van der Waals surface area contributed by atoms with Crippen LogP contribution in [0.1, 0.15) is 16.8 Å². The summed E-state index contributed by atoms with van der Waals surface area (Å²) < 4.78 is 38.2. The molecule has 1 atom stereocenters. The SMILES string of the molecule is Nc1nc(C[C@@H](N)Cc2ccc(C(F)(F)F)cc2)c(-c2ccc3cnccc3n2)s1. The Balaban J connectivity index is 1.53. The van der Waals surface area contributed by atoms with Crippen molar-refractivity contribution in [3.8, 4) is 10.6 Å². The third-order valence-electron chi connectivity index (χ3n) is 4.67. The molecule has 0 saturated carbocycles. The van der Waals surface area contributed by atoms with Crippen molar-refractivity contribution in [2.75, 3.05) is 5.73 Å². The van der Waals surface area contributed by atoms with Crippen molar-refractivity contribution in [2.24, 2.45) is 5.73 Å². The van der Waals surface area contributed by atoms with Gasteiger partial charge in [0.15, 0.2) is 5.13 Å². The summed E-state index contributed by atoms with van der Waals surface area (Å²) in [5.41, 5.74) is 14.6. The molecule has 0 fully saturated rings. The summed E-state index contributed by atoms with van der Waals surface area (Å²) in [6.45, 7) is 0. The molecular weight excluding hydrogens is 411 g/mol. The van der Waals surface area contributed by atoms with Gasteiger partial charge < -0.3 is 11.5 Å². The van der Waals surface area contributed by atoms with Crippen molar-refractivity contribution in [3.63, 3.8) is 0 Å². The van der Waals surface area contributed by atoms with E-state index < -0.39 is 11.7 Å². The van der Waals surface area contributed by atoms with E-state index in [1.165, 1.54) is 23.5 Å². The van der Waals surface area contributed by atoms with Crippen LogP contribution in [0.3, 0.4) is 0 Å². The lowest BCUT2D eigenvalue weighted by molar-refractivity contribution is -0.137. The van der Waals surface area contributed by atoms with Gasteiger partial charge in [-0.3, -0.25) is 4.98 Å². The molecule has 0 radical (unpaired) electrons. The van der Waals surface area contributed by atoms with Gasteiger partial charge in [-0.25, -0.2) is 9.97 Å². The smallest absolute Gasteiger partial charge is 0.375 e. The minimum atomic E-state index is -4.35. The summed E-state index contributed by atoms with van der Waals surface area (Å²) in [5.74, 6) is 0. The molecule has 1 aromatic carbocycles. The Morgan fingerprint density at radius 1 is 0.967 bits per heavy atom. The van der Waals surface area contributed by atoms with Gasteiger partial charge in [-0.2, -0.15) is 13.2 Å². The molecule has 0 saturated heterocycles. The lowest BCUT2D eigenvalue weighted by Gasteiger charge is -2.13. The molecule has 0 aliphatic carbocycles. The largest absolute Gasteiger partial charge is 0.416 e. The number of hydrogen-bond donors (Lipinski definition) is 2. The van der Waals surface area contributed by atoms with Gasteiger partial charge in [0.1, 0.15) is 0 Å². The number of anilines is 1. The minimum Gasteiger partial charge on any atom is -0.375 e. The number of rotatable bonds is 5. The van der Waals surface area contributed by atoms with E-state index in [0.717, 1.165) is 44.9 Å². The molecule has 0 bridgehead atoms. The van der Waals surface area contributed by atoms with Gasteiger partial charge >= 0.3 is 6.18 Å². The number of thiazole rings is 1. The van der Waals surface area contributed by atoms with E-state index in [2.05, 4.69) is 15.0 Å². The Hall–Kier alpha value is -3.04. The van der Waals surface area contributed by atoms with Crippen LogP contribution in [-0.4, -0.2) is 21.0 Å². The van der Waals surface area contributed by atoms with E-state index in [1.807, 2.05) is 18.2 Å². The molecular formula is C21H18F3N5S. The van der Waals surface area contributed by atoms with E-state index in [1.54, 1.807) is 12.4 Å². The van der Waals surface area contributed by atoms with Crippen molar-refractivity contribution in [3.05, 3.63) is 71.7 Å². The highest BCUT2D eigenvalue weighted by molar-refractivity contribution is 7.18. The molecule has 4 aromatic rings. The first kappa shape index (κ1) is 20.2. The van der Waals surface area contributed by atoms with Crippen LogP contribution >= 0.6 is 11.3 Å². The van der Waals surface area contributed by atoms with Crippen LogP contribution < -0.4 is 11.5 Å². The van der Waals surface area contributed by atoms with E-state index in [4.69, 9.17) is 11.5 Å². The monoisotopic (exact) mass is 429 g/mol. The van der Waals surface area contributed by atoms with Crippen LogP contribution in [0.4, 0.5) is 18.3 Å². The number of nitrogens with two attached hydrogens (primary N) is 2. The van der Waals surface area contributed by atoms with Gasteiger partial charge in [-0.15, -0.1) is 0 Å². The standard InChI is InChI=1S/C21H18F3N5S/c22-21(23,24)14-4-1-12(2-5-14)9-15(25)10-18-19(30-20(26)29-18)17-6-3-13-11-27-8-7-16(13)28-17/h1-8,11,15H,9-10,25H2,(H2,26,29)/t15-/m0/s1. The van der Waals surface area contributed by atoms with Crippen LogP contribution in [-0.2, 0) is 19.0 Å². The summed E-state index contributed by atoms with van der Waals surface area (Å²) in [4.78, 5) is 14.0. The van der Waals surface area contributed by atoms with Crippen LogP contribution in [0.2, 0.25) is 0 Å². The van der Waals surface area contributed by atoms with Gasteiger partial charge in [0.25, 0.3) is 0 Å². The van der Waals surface area contributed by atoms with Crippen molar-refractivity contribution in [2.45, 2.75) is 25.1 Å². The quantitative estimate of drug-likeness (QED) is 0.489. The van der Waals surface area contributed by atoms with Gasteiger partial charge in [0.05, 0.1) is 27.3 Å². The maximum Gasteiger partial charge on any atom is 0.416 e. The summed E-state index contributed by atoms with van der Waals surface area (Å²) in [6, 6.07) is 10.4. The Labute approximate surface area is 174 Å². The van der Waals surface area contributed by atoms with Gasteiger partial charge in [-0.05, 0) is 42.3 Å². The normalized spacial score (nSPS) is 12.9. The number of aromatic nitrogens is 3. The molecule has 4 rings (SSSR count). The third kappa shape index (κ3) is 4.42. The zero-order chi connectivity index (χ0) is 21.3. The number of benzene rings is 1. The fourth-order valence-corrected chi connectivity index (χ4v) is 4.08. The molecule has 0 aliphatic rings. The highest BCUT2D eigenvalue weighted by Crippen LogP contribution is 2.33. The maximum absolute atomic E-state index is 12.7. The van der Waals surface area contributed by atoms with Crippen molar-refractivity contribution >= 4 is 27.4 Å². The van der Waals surface area contributed by atoms with E-state index in [0.29, 0.717) is 18.0 Å². The number of nitrogen functional groups attached to an aromatic ring is 1. The molecule has 9 heteroatoms. The van der Waals surface area contributed by atoms with Crippen molar-refractivity contribution in [1.82, 2.24) is 15.0 Å². The first-order chi connectivity index (χ1) is 14.3. The zero-order valence-electron chi connectivity index (χ0n) is 15.7. The highest BCUT2D eigenvalue weighted by atomic mass is 32.1. The highest BCUT2D eigenvalue weighted by Gasteiger charge is 2.30. The van der Waals surface area contributed by atoms with Crippen molar-refractivity contribution < 1.29 is 13.2 Å². The van der Waals surface area contributed by atoms with Crippen LogP contribution in [0.5, 0.6) is 0 Å². The van der Waals surface area contributed by atoms with E-state index in [-0.39, 0.29) is 6.04 Å². The first-order valence-electron chi connectivity index (χ1n) is 9.17. The van der Waals surface area contributed by atoms with Gasteiger partial charge in [0.2, 0.25) is 0 Å². The molecule has 3 heterocycles. The molecule has 0 unspecified atom stereocenters. The second kappa shape index (κ2) is 8.00. The Morgan fingerprint density at radius 2 is 1.73 bits per heavy atom. The van der Waals surface area contributed by atoms with Crippen molar-refractivity contribution in [1.29, 1.82) is 0 Å². The summed E-state index contributed by atoms with van der Waals surface area (Å²) >= 11 is 1.34. The molecule has 30 heavy (non-hydrogen) atoms. The molecule has 4 N–H and O–H groups in total. The van der Waals surface area contributed by atoms with E-state index in [9.17, 15) is 13.2 Å². The molecule has 0 spiro atoms. The number of halogens is 3. The predicted molar refractivity (Wildman–Crippen MR) is 112 cm³/mol. The Morgan fingerprint density at radius 3 is 2.47 bits per heavy atom. The Kier molecular flexibility index (Phi) is 5.40. The number of nitrogens with zero attached hydrogens (tertiary/aromatic N) is 3. The molecule has 0 aliphatic heterocycles. The minimum absolute atomic E-state index is 0.327. The summed E-state index contributed by atoms with van der Waals surface area (Å²) in [5, 5.41) is 1.35. The topological polar surface area (TPSA) is 90.7 Å². The maximum atomic E-state index is 12.7. The Bertz CT molecular complexity index is 1170. The molecule has 3 aromatic heterocycles. The average molecular weight is 429 g/mol. The van der Waals surface area contributed by atoms with E-state index >= 15 is 0 Å². The zero-order valence-corrected chi connectivity index (χ0v) is 16.5. The van der Waals surface area contributed by atoms with Gasteiger partial charge in [0, 0.05) is 30.2 Å². The van der Waals surface area contributed by atoms with Crippen LogP contribution in [0.15, 0.2) is 54.9 Å². The molecule has 0 amide bonds. The lowest BCUT2D eigenvalue weighted by Crippen LogP contribution is -2.26. The number of pyridine rings is 2. The number of alkyl halides is 3. The molecule has 5 nitrogen and oxygen atoms in total. The third-order valence-corrected chi connectivity index (χ3v) is 5.62. The second-order valence-electron chi connectivity index (χ2n) is 6.96. The molecule has 154 valence electrons. The van der Waals surface area contributed by atoms with Crippen LogP contribution in [0, 0.1) is 0 Å². The summed E-state index contributed by atoms with van der Waals surface area (Å²) in [6.07, 6.45) is -0.0718. The number of fused-ring (bicyclic) bond motifs is 1. The summed E-state index contributed by atoms with van der Waals surface area (Å²) in [7, 11) is 0. The first-order valence-corrected chi connectivity index (χ1v) is 9.99. The van der Waals surface area contributed by atoms with Gasteiger partial charge in [-0.1, -0.05) is 23.5 Å². The number of hydrogen-bond acceptors (Lipinski definition) is 6. The predicted octanol–water partition coefficient (Wildman–Crippen LogP) is 4.47. The van der Waals surface area contributed by atoms with Crippen LogP contribution in [0.25, 0.3) is 21.5 Å². The second-order valence-corrected chi connectivity index (χ2v) is 7.99. The lowest BCUT2D eigenvalue weighted by atomic mass is 10.0.